The smallest absolute Gasteiger partial charge is 0.0433 e. The predicted molar refractivity (Wildman–Crippen MR) is 188 cm³/mol. The molecule has 0 saturated carbocycles. The standard InChI is InChI=1S/C42H26S/c1-2-12-27(13-3-1)37-25-39-33-18-6-4-16-31(33)32-17-5-7-19-34(32)40(39)26-38(37)29-15-10-14-28(24-29)30-21-11-22-36-35-20-8-9-23-41(35)43-42(30)36/h1-26H. The molecule has 0 spiro atoms. The van der Waals surface area contributed by atoms with E-state index in [0.29, 0.717) is 0 Å². The Hall–Kier alpha value is -5.24. The third-order valence-electron chi connectivity index (χ3n) is 8.86. The molecular formula is C42H26S. The van der Waals surface area contributed by atoms with Gasteiger partial charge in [-0.15, -0.1) is 11.3 Å². The molecule has 0 amide bonds. The van der Waals surface area contributed by atoms with Gasteiger partial charge in [0.15, 0.2) is 0 Å². The number of thiophene rings is 1. The van der Waals surface area contributed by atoms with Crippen LogP contribution < -0.4 is 0 Å². The highest BCUT2D eigenvalue weighted by Crippen LogP contribution is 2.44. The maximum atomic E-state index is 2.44. The Morgan fingerprint density at radius 1 is 0.279 bits per heavy atom. The quantitative estimate of drug-likeness (QED) is 0.188. The summed E-state index contributed by atoms with van der Waals surface area (Å²) in [6.07, 6.45) is 0. The highest BCUT2D eigenvalue weighted by atomic mass is 32.1. The summed E-state index contributed by atoms with van der Waals surface area (Å²) in [4.78, 5) is 0. The first-order valence-electron chi connectivity index (χ1n) is 14.8. The van der Waals surface area contributed by atoms with Gasteiger partial charge in [0.05, 0.1) is 0 Å². The lowest BCUT2D eigenvalue weighted by molar-refractivity contribution is 1.60. The van der Waals surface area contributed by atoms with Crippen LogP contribution in [0.1, 0.15) is 0 Å². The van der Waals surface area contributed by atoms with Crippen molar-refractivity contribution in [1.29, 1.82) is 0 Å². The molecule has 9 rings (SSSR count). The maximum Gasteiger partial charge on any atom is 0.0433 e. The summed E-state index contributed by atoms with van der Waals surface area (Å²) in [7, 11) is 0. The summed E-state index contributed by atoms with van der Waals surface area (Å²) in [5.41, 5.74) is 7.51. The van der Waals surface area contributed by atoms with Crippen LogP contribution in [0.4, 0.5) is 0 Å². The number of fused-ring (bicyclic) bond motifs is 9. The molecule has 1 aromatic heterocycles. The van der Waals surface area contributed by atoms with Crippen LogP contribution in [0.3, 0.4) is 0 Å². The predicted octanol–water partition coefficient (Wildman–Crippen LogP) is 12.5. The highest BCUT2D eigenvalue weighted by molar-refractivity contribution is 7.26. The van der Waals surface area contributed by atoms with Crippen molar-refractivity contribution in [2.75, 3.05) is 0 Å². The first kappa shape index (κ1) is 24.4. The molecule has 9 aromatic rings. The fourth-order valence-corrected chi connectivity index (χ4v) is 8.11. The van der Waals surface area contributed by atoms with Crippen molar-refractivity contribution >= 4 is 63.8 Å². The van der Waals surface area contributed by atoms with E-state index in [-0.39, 0.29) is 0 Å². The van der Waals surface area contributed by atoms with Gasteiger partial charge in [-0.3, -0.25) is 0 Å². The minimum atomic E-state index is 1.23. The number of hydrogen-bond donors (Lipinski definition) is 0. The molecule has 0 nitrogen and oxygen atoms in total. The molecule has 0 unspecified atom stereocenters. The summed E-state index contributed by atoms with van der Waals surface area (Å²) in [5.74, 6) is 0. The van der Waals surface area contributed by atoms with Gasteiger partial charge in [0.2, 0.25) is 0 Å². The van der Waals surface area contributed by atoms with Crippen molar-refractivity contribution in [3.63, 3.8) is 0 Å². The number of rotatable bonds is 3. The molecule has 0 aliphatic carbocycles. The van der Waals surface area contributed by atoms with Gasteiger partial charge < -0.3 is 0 Å². The monoisotopic (exact) mass is 562 g/mol. The van der Waals surface area contributed by atoms with Crippen molar-refractivity contribution < 1.29 is 0 Å². The van der Waals surface area contributed by atoms with Gasteiger partial charge >= 0.3 is 0 Å². The van der Waals surface area contributed by atoms with Gasteiger partial charge in [-0.2, -0.15) is 0 Å². The van der Waals surface area contributed by atoms with Crippen LogP contribution >= 0.6 is 11.3 Å². The van der Waals surface area contributed by atoms with Crippen molar-refractivity contribution in [2.45, 2.75) is 0 Å². The molecule has 0 aliphatic rings. The molecule has 0 radical (unpaired) electrons. The minimum Gasteiger partial charge on any atom is -0.135 e. The van der Waals surface area contributed by atoms with Crippen molar-refractivity contribution in [3.8, 4) is 33.4 Å². The lowest BCUT2D eigenvalue weighted by atomic mass is 9.86. The number of hydrogen-bond acceptors (Lipinski definition) is 1. The number of benzene rings is 8. The van der Waals surface area contributed by atoms with Crippen LogP contribution in [0.5, 0.6) is 0 Å². The van der Waals surface area contributed by atoms with Crippen LogP contribution in [-0.2, 0) is 0 Å². The molecule has 0 bridgehead atoms. The third-order valence-corrected chi connectivity index (χ3v) is 10.1. The molecule has 0 fully saturated rings. The zero-order valence-corrected chi connectivity index (χ0v) is 24.2. The van der Waals surface area contributed by atoms with E-state index >= 15 is 0 Å². The van der Waals surface area contributed by atoms with Crippen molar-refractivity contribution in [2.24, 2.45) is 0 Å². The third kappa shape index (κ3) is 3.82. The average Bonchev–Trinajstić information content (AvgIpc) is 3.47. The van der Waals surface area contributed by atoms with E-state index in [1.165, 1.54) is 85.9 Å². The van der Waals surface area contributed by atoms with Gasteiger partial charge in [-0.1, -0.05) is 133 Å². The normalized spacial score (nSPS) is 11.7. The Labute approximate surface area is 254 Å². The summed E-state index contributed by atoms with van der Waals surface area (Å²) in [5, 5.41) is 10.4. The molecule has 1 heteroatoms. The maximum absolute atomic E-state index is 2.44. The first-order chi connectivity index (χ1) is 21.3. The van der Waals surface area contributed by atoms with Gasteiger partial charge in [0.1, 0.15) is 0 Å². The summed E-state index contributed by atoms with van der Waals surface area (Å²) >= 11 is 1.89. The van der Waals surface area contributed by atoms with Crippen LogP contribution in [0.25, 0.3) is 85.9 Å². The van der Waals surface area contributed by atoms with E-state index in [4.69, 9.17) is 0 Å². The summed E-state index contributed by atoms with van der Waals surface area (Å²) < 4.78 is 2.68. The summed E-state index contributed by atoms with van der Waals surface area (Å²) in [6, 6.07) is 58.0. The fourth-order valence-electron chi connectivity index (χ4n) is 6.88. The fraction of sp³-hybridized carbons (Fsp3) is 0. The molecule has 43 heavy (non-hydrogen) atoms. The van der Waals surface area contributed by atoms with Crippen LogP contribution in [0.15, 0.2) is 158 Å². The lowest BCUT2D eigenvalue weighted by Gasteiger charge is -2.17. The minimum absolute atomic E-state index is 1.23. The second-order valence-electron chi connectivity index (χ2n) is 11.3. The molecule has 0 aliphatic heterocycles. The average molecular weight is 563 g/mol. The Morgan fingerprint density at radius 3 is 1.42 bits per heavy atom. The lowest BCUT2D eigenvalue weighted by Crippen LogP contribution is -1.90. The highest BCUT2D eigenvalue weighted by Gasteiger charge is 2.16. The van der Waals surface area contributed by atoms with E-state index in [2.05, 4.69) is 158 Å². The summed E-state index contributed by atoms with van der Waals surface area (Å²) in [6.45, 7) is 0. The second kappa shape index (κ2) is 9.66. The Kier molecular flexibility index (Phi) is 5.47. The van der Waals surface area contributed by atoms with E-state index in [1.54, 1.807) is 0 Å². The van der Waals surface area contributed by atoms with Crippen molar-refractivity contribution in [1.82, 2.24) is 0 Å². The zero-order chi connectivity index (χ0) is 28.3. The largest absolute Gasteiger partial charge is 0.135 e. The molecule has 0 atom stereocenters. The van der Waals surface area contributed by atoms with Crippen LogP contribution in [0, 0.1) is 0 Å². The SMILES string of the molecule is c1ccc(-c2cc3c4ccccc4c4ccccc4c3cc2-c2cccc(-c3cccc4c3sc3ccccc34)c2)cc1. The zero-order valence-electron chi connectivity index (χ0n) is 23.4. The van der Waals surface area contributed by atoms with E-state index in [0.717, 1.165) is 0 Å². The molecule has 200 valence electrons. The molecule has 8 aromatic carbocycles. The Balaban J connectivity index is 1.34. The molecule has 0 N–H and O–H groups in total. The van der Waals surface area contributed by atoms with Gasteiger partial charge in [-0.05, 0) is 90.0 Å². The van der Waals surface area contributed by atoms with E-state index in [9.17, 15) is 0 Å². The Bertz CT molecular complexity index is 2500. The topological polar surface area (TPSA) is 0 Å². The van der Waals surface area contributed by atoms with Gasteiger partial charge in [0, 0.05) is 20.2 Å². The van der Waals surface area contributed by atoms with Gasteiger partial charge in [-0.25, -0.2) is 0 Å². The second-order valence-corrected chi connectivity index (χ2v) is 12.3. The van der Waals surface area contributed by atoms with Crippen LogP contribution in [0.2, 0.25) is 0 Å². The molecule has 0 saturated heterocycles. The first-order valence-corrected chi connectivity index (χ1v) is 15.6. The van der Waals surface area contributed by atoms with Crippen molar-refractivity contribution in [3.05, 3.63) is 158 Å². The molecule has 1 heterocycles. The molecular weight excluding hydrogens is 537 g/mol. The Morgan fingerprint density at radius 2 is 0.744 bits per heavy atom. The van der Waals surface area contributed by atoms with Crippen LogP contribution in [-0.4, -0.2) is 0 Å². The van der Waals surface area contributed by atoms with E-state index < -0.39 is 0 Å². The van der Waals surface area contributed by atoms with Gasteiger partial charge in [0.25, 0.3) is 0 Å². The van der Waals surface area contributed by atoms with E-state index in [1.807, 2.05) is 11.3 Å².